The Labute approximate surface area is 211 Å². The average molecular weight is 542 g/mol. The van der Waals surface area contributed by atoms with Crippen molar-refractivity contribution in [3.63, 3.8) is 0 Å². The highest BCUT2D eigenvalue weighted by Crippen LogP contribution is 2.36. The van der Waals surface area contributed by atoms with E-state index in [1.807, 2.05) is 0 Å². The number of nitrogens with zero attached hydrogens (tertiary/aromatic N) is 3. The molecular weight excluding hydrogens is 522 g/mol. The maximum Gasteiger partial charge on any atom is 0.387 e. The molecule has 1 saturated heterocycles. The topological polar surface area (TPSA) is 85.7 Å². The molecule has 0 aliphatic carbocycles. The van der Waals surface area contributed by atoms with E-state index in [0.717, 1.165) is 33.8 Å². The summed E-state index contributed by atoms with van der Waals surface area (Å²) < 4.78 is 90.3. The largest absolute Gasteiger partial charge is 0.497 e. The Balaban J connectivity index is 1.66. The van der Waals surface area contributed by atoms with Crippen LogP contribution in [-0.4, -0.2) is 54.3 Å². The molecule has 2 amide bonds. The van der Waals surface area contributed by atoms with Crippen molar-refractivity contribution in [2.45, 2.75) is 31.5 Å². The Morgan fingerprint density at radius 1 is 1.08 bits per heavy atom. The minimum atomic E-state index is -3.07. The Hall–Kier alpha value is -4.23. The number of hydrogen-bond acceptors (Lipinski definition) is 5. The summed E-state index contributed by atoms with van der Waals surface area (Å²) in [5, 5.41) is 6.37. The van der Waals surface area contributed by atoms with Gasteiger partial charge in [-0.1, -0.05) is 0 Å². The molecule has 4 rings (SSSR count). The van der Waals surface area contributed by atoms with E-state index in [-0.39, 0.29) is 29.4 Å². The molecule has 1 aromatic heterocycles. The van der Waals surface area contributed by atoms with E-state index < -0.39 is 60.6 Å². The lowest BCUT2D eigenvalue weighted by Crippen LogP contribution is -2.44. The van der Waals surface area contributed by atoms with Gasteiger partial charge in [0.15, 0.2) is 5.82 Å². The second kappa shape index (κ2) is 11.0. The number of rotatable bonds is 9. The lowest BCUT2D eigenvalue weighted by Gasteiger charge is -2.20. The molecule has 0 spiro atoms. The van der Waals surface area contributed by atoms with Gasteiger partial charge in [0.1, 0.15) is 35.7 Å². The monoisotopic (exact) mass is 542 g/mol. The number of amides is 2. The number of halogens is 6. The zero-order valence-corrected chi connectivity index (χ0v) is 19.6. The van der Waals surface area contributed by atoms with E-state index in [1.165, 1.54) is 31.5 Å². The fourth-order valence-corrected chi connectivity index (χ4v) is 4.14. The highest BCUT2D eigenvalue weighted by Gasteiger charge is 2.46. The van der Waals surface area contributed by atoms with Crippen LogP contribution in [0.3, 0.4) is 0 Å². The van der Waals surface area contributed by atoms with E-state index >= 15 is 0 Å². The van der Waals surface area contributed by atoms with Gasteiger partial charge in [-0.15, -0.1) is 0 Å². The molecule has 2 atom stereocenters. The minimum absolute atomic E-state index is 0.0477. The van der Waals surface area contributed by atoms with Crippen molar-refractivity contribution in [1.29, 1.82) is 0 Å². The van der Waals surface area contributed by atoms with E-state index in [2.05, 4.69) is 15.2 Å². The van der Waals surface area contributed by atoms with Gasteiger partial charge < -0.3 is 14.8 Å². The van der Waals surface area contributed by atoms with Crippen LogP contribution in [0.2, 0.25) is 0 Å². The standard InChI is InChI=1S/C24H20F6N4O4/c1-37-14-8-16(25)20(17(26)9-14)15-10-34(19-6-7-33(32-19)11-18(27)28)23(36)21(15)31-22(35)12-2-4-13(5-3-12)38-24(29)30/h2-9,15,18,21,24H,10-11H2,1H3,(H,31,35)/t15-,21-/m0/s1. The van der Waals surface area contributed by atoms with Gasteiger partial charge in [-0.25, -0.2) is 17.6 Å². The van der Waals surface area contributed by atoms with Crippen LogP contribution in [0.25, 0.3) is 0 Å². The van der Waals surface area contributed by atoms with Gasteiger partial charge in [0.05, 0.1) is 7.11 Å². The van der Waals surface area contributed by atoms with Gasteiger partial charge in [0.25, 0.3) is 18.2 Å². The van der Waals surface area contributed by atoms with Crippen LogP contribution in [0.15, 0.2) is 48.7 Å². The van der Waals surface area contributed by atoms with E-state index in [4.69, 9.17) is 4.74 Å². The molecule has 202 valence electrons. The van der Waals surface area contributed by atoms with Crippen molar-refractivity contribution < 1.29 is 45.4 Å². The number of methoxy groups -OCH3 is 1. The van der Waals surface area contributed by atoms with Gasteiger partial charge in [-0.2, -0.15) is 13.9 Å². The van der Waals surface area contributed by atoms with Crippen LogP contribution in [0.1, 0.15) is 21.8 Å². The van der Waals surface area contributed by atoms with Crippen LogP contribution >= 0.6 is 0 Å². The predicted molar refractivity (Wildman–Crippen MR) is 121 cm³/mol. The van der Waals surface area contributed by atoms with Crippen LogP contribution < -0.4 is 19.7 Å². The summed E-state index contributed by atoms with van der Waals surface area (Å²) in [5.74, 6) is -5.31. The SMILES string of the molecule is COc1cc(F)c([C@@H]2CN(c3ccn(CC(F)F)n3)C(=O)[C@H]2NC(=O)c2ccc(OC(F)F)cc2)c(F)c1. The van der Waals surface area contributed by atoms with Gasteiger partial charge >= 0.3 is 6.61 Å². The smallest absolute Gasteiger partial charge is 0.387 e. The Bertz CT molecular complexity index is 1290. The van der Waals surface area contributed by atoms with Gasteiger partial charge in [-0.3, -0.25) is 19.2 Å². The molecule has 2 heterocycles. The van der Waals surface area contributed by atoms with Gasteiger partial charge in [0.2, 0.25) is 0 Å². The molecule has 0 bridgehead atoms. The number of benzene rings is 2. The lowest BCUT2D eigenvalue weighted by atomic mass is 9.92. The molecule has 1 aliphatic heterocycles. The van der Waals surface area contributed by atoms with Gasteiger partial charge in [0, 0.05) is 48.0 Å². The van der Waals surface area contributed by atoms with Gasteiger partial charge in [-0.05, 0) is 24.3 Å². The number of alkyl halides is 4. The predicted octanol–water partition coefficient (Wildman–Crippen LogP) is 3.97. The molecule has 0 saturated carbocycles. The first kappa shape index (κ1) is 26.8. The highest BCUT2D eigenvalue weighted by molar-refractivity contribution is 6.04. The van der Waals surface area contributed by atoms with E-state index in [9.17, 15) is 35.9 Å². The summed E-state index contributed by atoms with van der Waals surface area (Å²) in [6.07, 6.45) is -1.50. The van der Waals surface area contributed by atoms with Crippen molar-refractivity contribution in [2.24, 2.45) is 0 Å². The van der Waals surface area contributed by atoms with E-state index in [0.29, 0.717) is 0 Å². The molecule has 3 aromatic rings. The summed E-state index contributed by atoms with van der Waals surface area (Å²) in [4.78, 5) is 27.3. The average Bonchev–Trinajstić information content (AvgIpc) is 3.43. The van der Waals surface area contributed by atoms with Crippen LogP contribution in [0.5, 0.6) is 11.5 Å². The zero-order chi connectivity index (χ0) is 27.6. The van der Waals surface area contributed by atoms with Crippen molar-refractivity contribution in [2.75, 3.05) is 18.6 Å². The molecule has 1 fully saturated rings. The molecule has 38 heavy (non-hydrogen) atoms. The lowest BCUT2D eigenvalue weighted by molar-refractivity contribution is -0.118. The Kier molecular flexibility index (Phi) is 7.78. The Morgan fingerprint density at radius 2 is 1.74 bits per heavy atom. The number of hydrogen-bond donors (Lipinski definition) is 1. The number of ether oxygens (including phenoxy) is 2. The second-order valence-corrected chi connectivity index (χ2v) is 8.20. The molecule has 0 unspecified atom stereocenters. The number of nitrogens with one attached hydrogen (secondary N) is 1. The van der Waals surface area contributed by atoms with Crippen molar-refractivity contribution in [3.05, 3.63) is 71.4 Å². The summed E-state index contributed by atoms with van der Waals surface area (Å²) in [7, 11) is 1.21. The molecule has 8 nitrogen and oxygen atoms in total. The van der Waals surface area contributed by atoms with Crippen LogP contribution in [-0.2, 0) is 11.3 Å². The molecular formula is C24H20F6N4O4. The number of anilines is 1. The van der Waals surface area contributed by atoms with Crippen molar-refractivity contribution >= 4 is 17.6 Å². The maximum absolute atomic E-state index is 15.0. The molecule has 2 aromatic carbocycles. The molecule has 14 heteroatoms. The van der Waals surface area contributed by atoms with Crippen LogP contribution in [0, 0.1) is 11.6 Å². The van der Waals surface area contributed by atoms with E-state index in [1.54, 1.807) is 0 Å². The fraction of sp³-hybridized carbons (Fsp3) is 0.292. The minimum Gasteiger partial charge on any atom is -0.497 e. The zero-order valence-electron chi connectivity index (χ0n) is 19.6. The second-order valence-electron chi connectivity index (χ2n) is 8.20. The maximum atomic E-state index is 15.0. The number of carbonyl (C=O) groups is 2. The Morgan fingerprint density at radius 3 is 2.32 bits per heavy atom. The first-order valence-electron chi connectivity index (χ1n) is 11.1. The molecule has 1 aliphatic rings. The van der Waals surface area contributed by atoms with Crippen LogP contribution in [0.4, 0.5) is 32.2 Å². The normalized spacial score (nSPS) is 17.4. The number of aromatic nitrogens is 2. The summed E-state index contributed by atoms with van der Waals surface area (Å²) in [6.45, 7) is -4.15. The summed E-state index contributed by atoms with van der Waals surface area (Å²) >= 11 is 0. The first-order chi connectivity index (χ1) is 18.1. The molecule has 0 radical (unpaired) electrons. The summed E-state index contributed by atoms with van der Waals surface area (Å²) in [6, 6.07) is 6.19. The highest BCUT2D eigenvalue weighted by atomic mass is 19.3. The third kappa shape index (κ3) is 5.68. The first-order valence-corrected chi connectivity index (χ1v) is 11.1. The third-order valence-corrected chi connectivity index (χ3v) is 5.83. The van der Waals surface area contributed by atoms with Crippen molar-refractivity contribution in [1.82, 2.24) is 15.1 Å². The van der Waals surface area contributed by atoms with Crippen molar-refractivity contribution in [3.8, 4) is 11.5 Å². The third-order valence-electron chi connectivity index (χ3n) is 5.83. The summed E-state index contributed by atoms with van der Waals surface area (Å²) in [5.41, 5.74) is -0.548. The quantitative estimate of drug-likeness (QED) is 0.414. The molecule has 1 N–H and O–H groups in total. The number of carbonyl (C=O) groups excluding carboxylic acids is 2. The fourth-order valence-electron chi connectivity index (χ4n) is 4.14.